The number of rotatable bonds is 8. The molecule has 1 atom stereocenters. The topological polar surface area (TPSA) is 115 Å². The Morgan fingerprint density at radius 2 is 1.88 bits per heavy atom. The standard InChI is InChI=1S/C30H36N6O4/c1-7-26(37)32-20-13-14-21(25(15-20)40-6)28(38)34-27-22-17-36(30(2,3)23(22)16-31-27)29(39)33-24(18-35(4)5)19-11-9-8-10-12-19/h7-15,24H,1,16-18H2,2-6H3,(H,32,37)(H,33,39)(H,31,34,38)/t24-/m1/s1. The van der Waals surface area contributed by atoms with Crippen molar-refractivity contribution in [1.82, 2.24) is 20.4 Å². The van der Waals surface area contributed by atoms with Crippen molar-refractivity contribution >= 4 is 29.4 Å². The summed E-state index contributed by atoms with van der Waals surface area (Å²) in [5, 5.41) is 8.77. The number of aliphatic imine (C=N–C) groups is 1. The summed E-state index contributed by atoms with van der Waals surface area (Å²) in [7, 11) is 5.40. The molecule has 2 aromatic rings. The van der Waals surface area contributed by atoms with E-state index in [1.165, 1.54) is 7.11 Å². The number of nitrogens with zero attached hydrogens (tertiary/aromatic N) is 3. The fraction of sp³-hybridized carbons (Fsp3) is 0.333. The molecule has 2 aliphatic heterocycles. The number of anilines is 1. The molecule has 2 heterocycles. The molecule has 0 aliphatic carbocycles. The fourth-order valence-electron chi connectivity index (χ4n) is 5.02. The van der Waals surface area contributed by atoms with Crippen molar-refractivity contribution in [3.63, 3.8) is 0 Å². The first kappa shape index (κ1) is 28.6. The van der Waals surface area contributed by atoms with E-state index in [1.807, 2.05) is 63.2 Å². The van der Waals surface area contributed by atoms with Gasteiger partial charge in [-0.3, -0.25) is 14.6 Å². The zero-order valence-electron chi connectivity index (χ0n) is 23.6. The molecular weight excluding hydrogens is 508 g/mol. The predicted molar refractivity (Wildman–Crippen MR) is 156 cm³/mol. The lowest BCUT2D eigenvalue weighted by molar-refractivity contribution is -0.111. The molecule has 0 fully saturated rings. The van der Waals surface area contributed by atoms with Crippen LogP contribution < -0.4 is 20.7 Å². The summed E-state index contributed by atoms with van der Waals surface area (Å²) in [6.07, 6.45) is 1.16. The molecule has 0 radical (unpaired) electrons. The fourth-order valence-corrected chi connectivity index (χ4v) is 5.02. The molecule has 210 valence electrons. The molecule has 3 N–H and O–H groups in total. The van der Waals surface area contributed by atoms with E-state index >= 15 is 0 Å². The van der Waals surface area contributed by atoms with Crippen molar-refractivity contribution in [2.45, 2.75) is 25.4 Å². The number of hydrogen-bond acceptors (Lipinski definition) is 6. The maximum Gasteiger partial charge on any atom is 0.318 e. The van der Waals surface area contributed by atoms with Crippen LogP contribution in [0.2, 0.25) is 0 Å². The third-order valence-electron chi connectivity index (χ3n) is 7.20. The molecule has 2 aromatic carbocycles. The maximum absolute atomic E-state index is 13.6. The van der Waals surface area contributed by atoms with Crippen LogP contribution in [0.25, 0.3) is 0 Å². The number of urea groups is 1. The van der Waals surface area contributed by atoms with Gasteiger partial charge in [-0.05, 0) is 57.3 Å². The van der Waals surface area contributed by atoms with Crippen molar-refractivity contribution in [3.8, 4) is 5.75 Å². The summed E-state index contributed by atoms with van der Waals surface area (Å²) in [6.45, 7) is 8.80. The molecule has 4 rings (SSSR count). The van der Waals surface area contributed by atoms with Gasteiger partial charge in [0, 0.05) is 23.9 Å². The molecule has 2 aliphatic rings. The number of ether oxygens (including phenoxy) is 1. The molecule has 40 heavy (non-hydrogen) atoms. The van der Waals surface area contributed by atoms with Crippen LogP contribution in [0.3, 0.4) is 0 Å². The van der Waals surface area contributed by atoms with Crippen molar-refractivity contribution in [3.05, 3.63) is 83.5 Å². The van der Waals surface area contributed by atoms with Gasteiger partial charge < -0.3 is 30.5 Å². The molecule has 10 heteroatoms. The highest BCUT2D eigenvalue weighted by Gasteiger charge is 2.46. The zero-order chi connectivity index (χ0) is 29.0. The second-order valence-corrected chi connectivity index (χ2v) is 10.5. The molecular formula is C30H36N6O4. The van der Waals surface area contributed by atoms with Gasteiger partial charge in [0.25, 0.3) is 5.91 Å². The average Bonchev–Trinajstić information content (AvgIpc) is 3.45. The van der Waals surface area contributed by atoms with Crippen molar-refractivity contribution in [2.75, 3.05) is 46.2 Å². The van der Waals surface area contributed by atoms with Crippen LogP contribution in [0.1, 0.15) is 35.8 Å². The van der Waals surface area contributed by atoms with Crippen LogP contribution in [-0.2, 0) is 4.79 Å². The molecule has 4 amide bonds. The number of carbonyl (C=O) groups excluding carboxylic acids is 3. The van der Waals surface area contributed by atoms with E-state index in [-0.39, 0.29) is 23.5 Å². The summed E-state index contributed by atoms with van der Waals surface area (Å²) in [4.78, 5) is 46.9. The van der Waals surface area contributed by atoms with Gasteiger partial charge in [-0.25, -0.2) is 4.79 Å². The normalized spacial score (nSPS) is 16.2. The summed E-state index contributed by atoms with van der Waals surface area (Å²) in [5.41, 5.74) is 3.04. The molecule has 0 bridgehead atoms. The summed E-state index contributed by atoms with van der Waals surface area (Å²) in [5.74, 6) is -0.0230. The number of nitrogens with one attached hydrogen (secondary N) is 3. The first-order chi connectivity index (χ1) is 19.0. The summed E-state index contributed by atoms with van der Waals surface area (Å²) < 4.78 is 5.40. The number of hydrogen-bond donors (Lipinski definition) is 3. The van der Waals surface area contributed by atoms with E-state index in [0.717, 1.165) is 22.8 Å². The van der Waals surface area contributed by atoms with Crippen LogP contribution in [-0.4, -0.2) is 79.9 Å². The first-order valence-electron chi connectivity index (χ1n) is 13.0. The number of benzene rings is 2. The zero-order valence-corrected chi connectivity index (χ0v) is 23.6. The Kier molecular flexibility index (Phi) is 8.39. The van der Waals surface area contributed by atoms with Crippen LogP contribution in [0, 0.1) is 0 Å². The Labute approximate surface area is 234 Å². The Balaban J connectivity index is 1.48. The number of methoxy groups -OCH3 is 1. The molecule has 0 spiro atoms. The van der Waals surface area contributed by atoms with Gasteiger partial charge in [-0.15, -0.1) is 0 Å². The minimum absolute atomic E-state index is 0.181. The largest absolute Gasteiger partial charge is 0.496 e. The minimum atomic E-state index is -0.586. The van der Waals surface area contributed by atoms with Crippen molar-refractivity contribution in [1.29, 1.82) is 0 Å². The number of carbonyl (C=O) groups is 3. The van der Waals surface area contributed by atoms with E-state index < -0.39 is 11.4 Å². The van der Waals surface area contributed by atoms with Crippen LogP contribution >= 0.6 is 0 Å². The third-order valence-corrected chi connectivity index (χ3v) is 7.20. The van der Waals surface area contributed by atoms with Gasteiger partial charge >= 0.3 is 6.03 Å². The highest BCUT2D eigenvalue weighted by atomic mass is 16.5. The SMILES string of the molecule is C=CC(=O)Nc1ccc(C(=O)NC2=NCC3=C2CN(C(=O)N[C@H](CN(C)C)c2ccccc2)C3(C)C)c(OC)c1. The molecule has 0 aromatic heterocycles. The van der Waals surface area contributed by atoms with E-state index in [1.54, 1.807) is 23.1 Å². The van der Waals surface area contributed by atoms with Gasteiger partial charge in [0.1, 0.15) is 11.6 Å². The van der Waals surface area contributed by atoms with E-state index in [9.17, 15) is 14.4 Å². The average molecular weight is 545 g/mol. The molecule has 10 nitrogen and oxygen atoms in total. The molecule has 0 saturated heterocycles. The van der Waals surface area contributed by atoms with Crippen LogP contribution in [0.4, 0.5) is 10.5 Å². The Bertz CT molecular complexity index is 1380. The monoisotopic (exact) mass is 544 g/mol. The quantitative estimate of drug-likeness (QED) is 0.441. The van der Waals surface area contributed by atoms with Crippen LogP contribution in [0.5, 0.6) is 5.75 Å². The first-order valence-corrected chi connectivity index (χ1v) is 13.0. The lowest BCUT2D eigenvalue weighted by atomic mass is 9.94. The number of amides is 4. The van der Waals surface area contributed by atoms with Crippen molar-refractivity contribution in [2.24, 2.45) is 4.99 Å². The van der Waals surface area contributed by atoms with Gasteiger partial charge in [-0.1, -0.05) is 36.9 Å². The molecule has 0 unspecified atom stereocenters. The Hall–Kier alpha value is -4.44. The molecule has 0 saturated carbocycles. The highest BCUT2D eigenvalue weighted by molar-refractivity contribution is 6.15. The lowest BCUT2D eigenvalue weighted by Crippen LogP contribution is -2.52. The van der Waals surface area contributed by atoms with Gasteiger partial charge in [0.05, 0.1) is 37.3 Å². The van der Waals surface area contributed by atoms with Gasteiger partial charge in [0.2, 0.25) is 5.91 Å². The highest BCUT2D eigenvalue weighted by Crippen LogP contribution is 2.38. The number of amidine groups is 1. The third kappa shape index (κ3) is 5.91. The smallest absolute Gasteiger partial charge is 0.318 e. The minimum Gasteiger partial charge on any atom is -0.496 e. The lowest BCUT2D eigenvalue weighted by Gasteiger charge is -2.36. The van der Waals surface area contributed by atoms with Gasteiger partial charge in [0.15, 0.2) is 0 Å². The Morgan fingerprint density at radius 3 is 2.52 bits per heavy atom. The van der Waals surface area contributed by atoms with E-state index in [2.05, 4.69) is 27.5 Å². The predicted octanol–water partition coefficient (Wildman–Crippen LogP) is 3.36. The second kappa shape index (κ2) is 11.7. The van der Waals surface area contributed by atoms with E-state index in [0.29, 0.717) is 36.9 Å². The van der Waals surface area contributed by atoms with E-state index in [4.69, 9.17) is 4.74 Å². The van der Waals surface area contributed by atoms with Crippen molar-refractivity contribution < 1.29 is 19.1 Å². The van der Waals surface area contributed by atoms with Crippen LogP contribution in [0.15, 0.2) is 77.3 Å². The summed E-state index contributed by atoms with van der Waals surface area (Å²) >= 11 is 0. The summed E-state index contributed by atoms with van der Waals surface area (Å²) in [6, 6.07) is 14.3. The maximum atomic E-state index is 13.6. The second-order valence-electron chi connectivity index (χ2n) is 10.5. The number of likely N-dealkylation sites (N-methyl/N-ethyl adjacent to an activating group) is 1. The van der Waals surface area contributed by atoms with Gasteiger partial charge in [-0.2, -0.15) is 0 Å². The Morgan fingerprint density at radius 1 is 1.15 bits per heavy atom.